The average molecular weight is 510 g/mol. The summed E-state index contributed by atoms with van der Waals surface area (Å²) < 4.78 is 25.7. The minimum absolute atomic E-state index is 0.145. The van der Waals surface area contributed by atoms with Gasteiger partial charge in [0.25, 0.3) is 5.91 Å². The molecule has 7 nitrogen and oxygen atoms in total. The van der Waals surface area contributed by atoms with Crippen LogP contribution < -0.4 is 14.8 Å². The number of aromatic amines is 1. The van der Waals surface area contributed by atoms with Gasteiger partial charge in [0.05, 0.1) is 7.11 Å². The van der Waals surface area contributed by atoms with E-state index in [2.05, 4.69) is 10.3 Å². The maximum atomic E-state index is 14.1. The van der Waals surface area contributed by atoms with E-state index in [0.717, 1.165) is 16.5 Å². The number of H-pyrrole nitrogens is 1. The lowest BCUT2D eigenvalue weighted by Crippen LogP contribution is -2.54. The molecule has 3 atom stereocenters. The number of rotatable bonds is 6. The van der Waals surface area contributed by atoms with E-state index in [0.29, 0.717) is 23.5 Å². The van der Waals surface area contributed by atoms with Crippen LogP contribution in [0.15, 0.2) is 42.6 Å². The third-order valence-corrected chi connectivity index (χ3v) is 6.62. The molecule has 1 aromatic heterocycles. The van der Waals surface area contributed by atoms with Crippen molar-refractivity contribution in [3.05, 3.63) is 59.5 Å². The van der Waals surface area contributed by atoms with Crippen LogP contribution in [0.3, 0.4) is 0 Å². The number of nitrogens with one attached hydrogen (secondary N) is 2. The van der Waals surface area contributed by atoms with Crippen molar-refractivity contribution in [2.24, 2.45) is 5.92 Å². The molecule has 0 aliphatic carbocycles. The summed E-state index contributed by atoms with van der Waals surface area (Å²) in [7, 11) is 1.56. The molecule has 0 spiro atoms. The summed E-state index contributed by atoms with van der Waals surface area (Å²) in [5.41, 5.74) is 1.76. The zero-order valence-corrected chi connectivity index (χ0v) is 22.5. The topological polar surface area (TPSA) is 83.7 Å². The molecule has 0 saturated carbocycles. The highest BCUT2D eigenvalue weighted by atomic mass is 19.1. The van der Waals surface area contributed by atoms with Crippen molar-refractivity contribution < 1.29 is 23.5 Å². The Kier molecular flexibility index (Phi) is 7.22. The Labute approximate surface area is 217 Å². The van der Waals surface area contributed by atoms with Crippen molar-refractivity contribution >= 4 is 22.7 Å². The fourth-order valence-electron chi connectivity index (χ4n) is 4.92. The van der Waals surface area contributed by atoms with E-state index in [-0.39, 0.29) is 23.5 Å². The summed E-state index contributed by atoms with van der Waals surface area (Å²) >= 11 is 0. The van der Waals surface area contributed by atoms with Gasteiger partial charge in [-0.1, -0.05) is 13.8 Å². The normalized spacial score (nSPS) is 18.8. The average Bonchev–Trinajstić information content (AvgIpc) is 3.14. The van der Waals surface area contributed by atoms with E-state index >= 15 is 0 Å². The van der Waals surface area contributed by atoms with Crippen LogP contribution in [-0.4, -0.2) is 46.5 Å². The largest absolute Gasteiger partial charge is 0.497 e. The molecule has 0 radical (unpaired) electrons. The van der Waals surface area contributed by atoms with Crippen molar-refractivity contribution in [1.82, 2.24) is 15.2 Å². The van der Waals surface area contributed by atoms with Crippen molar-refractivity contribution in [3.8, 4) is 11.5 Å². The van der Waals surface area contributed by atoms with Crippen LogP contribution in [0.25, 0.3) is 10.9 Å². The number of hydrogen-bond donors (Lipinski definition) is 2. The number of aromatic nitrogens is 1. The number of nitrogens with zero attached hydrogens (tertiary/aromatic N) is 1. The molecule has 4 rings (SSSR count). The van der Waals surface area contributed by atoms with Crippen molar-refractivity contribution in [3.63, 3.8) is 0 Å². The highest BCUT2D eigenvalue weighted by Gasteiger charge is 2.44. The van der Waals surface area contributed by atoms with Gasteiger partial charge in [-0.2, -0.15) is 0 Å². The minimum atomic E-state index is -0.923. The first-order valence-electron chi connectivity index (χ1n) is 12.6. The van der Waals surface area contributed by atoms with Gasteiger partial charge in [-0.15, -0.1) is 0 Å². The molecule has 0 saturated heterocycles. The Hall–Kier alpha value is -3.55. The number of methoxy groups -OCH3 is 1. The maximum absolute atomic E-state index is 14.1. The van der Waals surface area contributed by atoms with E-state index in [1.54, 1.807) is 36.3 Å². The summed E-state index contributed by atoms with van der Waals surface area (Å²) in [4.78, 5) is 32.8. The smallest absolute Gasteiger partial charge is 0.265 e. The Balaban J connectivity index is 1.83. The van der Waals surface area contributed by atoms with Crippen LogP contribution in [0.4, 0.5) is 4.39 Å². The number of carbonyl (C=O) groups excluding carboxylic acids is 2. The van der Waals surface area contributed by atoms with Gasteiger partial charge in [0, 0.05) is 40.3 Å². The van der Waals surface area contributed by atoms with Gasteiger partial charge in [-0.05, 0) is 75.9 Å². The first kappa shape index (κ1) is 26.5. The van der Waals surface area contributed by atoms with Crippen LogP contribution in [-0.2, 0) is 16.0 Å². The SMILES string of the molecule is COc1ccc2c(c1)OC(C(C)C)C(=O)N(C(C)Cc1c[nH]c3ccc(F)cc13)C2C(=O)NC(C)(C)C. The Morgan fingerprint density at radius 2 is 1.92 bits per heavy atom. The predicted molar refractivity (Wildman–Crippen MR) is 141 cm³/mol. The third kappa shape index (κ3) is 5.43. The molecular weight excluding hydrogens is 473 g/mol. The van der Waals surface area contributed by atoms with Gasteiger partial charge in [-0.3, -0.25) is 9.59 Å². The van der Waals surface area contributed by atoms with Gasteiger partial charge in [-0.25, -0.2) is 4.39 Å². The van der Waals surface area contributed by atoms with Gasteiger partial charge < -0.3 is 24.7 Å². The zero-order valence-electron chi connectivity index (χ0n) is 22.5. The summed E-state index contributed by atoms with van der Waals surface area (Å²) in [6, 6.07) is 8.56. The quantitative estimate of drug-likeness (QED) is 0.482. The van der Waals surface area contributed by atoms with E-state index < -0.39 is 23.7 Å². The van der Waals surface area contributed by atoms with E-state index in [1.807, 2.05) is 47.7 Å². The maximum Gasteiger partial charge on any atom is 0.265 e. The molecule has 2 amide bonds. The standard InChI is InChI=1S/C29H36FN3O4/c1-16(2)26-28(35)33(17(3)12-18-15-31-23-11-8-19(30)13-22(18)23)25(27(34)32-29(4,5)6)21-10-9-20(36-7)14-24(21)37-26/h8-11,13-17,25-26,31H,12H2,1-7H3,(H,32,34). The highest BCUT2D eigenvalue weighted by Crippen LogP contribution is 2.40. The number of fused-ring (bicyclic) bond motifs is 2. The number of ether oxygens (including phenoxy) is 2. The van der Waals surface area contributed by atoms with Gasteiger partial charge in [0.15, 0.2) is 6.10 Å². The Morgan fingerprint density at radius 3 is 2.57 bits per heavy atom. The van der Waals surface area contributed by atoms with Crippen molar-refractivity contribution in [1.29, 1.82) is 0 Å². The molecule has 3 aromatic rings. The number of amides is 2. The molecule has 3 unspecified atom stereocenters. The Bertz CT molecular complexity index is 1310. The Morgan fingerprint density at radius 1 is 1.19 bits per heavy atom. The lowest BCUT2D eigenvalue weighted by molar-refractivity contribution is -0.149. The monoisotopic (exact) mass is 509 g/mol. The molecular formula is C29H36FN3O4. The second-order valence-electron chi connectivity index (χ2n) is 11.1. The number of hydrogen-bond acceptors (Lipinski definition) is 4. The minimum Gasteiger partial charge on any atom is -0.497 e. The fourth-order valence-corrected chi connectivity index (χ4v) is 4.92. The number of halogens is 1. The number of carbonyl (C=O) groups is 2. The van der Waals surface area contributed by atoms with Crippen molar-refractivity contribution in [2.75, 3.05) is 7.11 Å². The van der Waals surface area contributed by atoms with E-state index in [1.165, 1.54) is 12.1 Å². The van der Waals surface area contributed by atoms with Crippen LogP contribution in [0.1, 0.15) is 58.7 Å². The first-order chi connectivity index (χ1) is 17.4. The lowest BCUT2D eigenvalue weighted by atomic mass is 9.96. The van der Waals surface area contributed by atoms with Gasteiger partial charge >= 0.3 is 0 Å². The molecule has 8 heteroatoms. The van der Waals surface area contributed by atoms with E-state index in [9.17, 15) is 14.0 Å². The molecule has 0 fully saturated rings. The third-order valence-electron chi connectivity index (χ3n) is 6.62. The molecule has 198 valence electrons. The molecule has 37 heavy (non-hydrogen) atoms. The summed E-state index contributed by atoms with van der Waals surface area (Å²) in [5, 5.41) is 3.81. The molecule has 0 bridgehead atoms. The van der Waals surface area contributed by atoms with Crippen LogP contribution in [0, 0.1) is 11.7 Å². The zero-order chi connectivity index (χ0) is 27.1. The fraction of sp³-hybridized carbons (Fsp3) is 0.448. The van der Waals surface area contributed by atoms with Gasteiger partial charge in [0.1, 0.15) is 23.4 Å². The first-order valence-corrected chi connectivity index (χ1v) is 12.6. The predicted octanol–water partition coefficient (Wildman–Crippen LogP) is 5.15. The highest BCUT2D eigenvalue weighted by molar-refractivity contribution is 5.93. The summed E-state index contributed by atoms with van der Waals surface area (Å²) in [6.07, 6.45) is 1.47. The van der Waals surface area contributed by atoms with E-state index in [4.69, 9.17) is 9.47 Å². The summed E-state index contributed by atoms with van der Waals surface area (Å²) in [6.45, 7) is 11.5. The molecule has 1 aliphatic heterocycles. The lowest BCUT2D eigenvalue weighted by Gasteiger charge is -2.37. The second-order valence-corrected chi connectivity index (χ2v) is 11.1. The molecule has 2 N–H and O–H groups in total. The van der Waals surface area contributed by atoms with Crippen molar-refractivity contribution in [2.45, 2.75) is 71.7 Å². The van der Waals surface area contributed by atoms with Crippen LogP contribution >= 0.6 is 0 Å². The van der Waals surface area contributed by atoms with Gasteiger partial charge in [0.2, 0.25) is 5.91 Å². The number of benzene rings is 2. The van der Waals surface area contributed by atoms with Crippen LogP contribution in [0.2, 0.25) is 0 Å². The van der Waals surface area contributed by atoms with Crippen LogP contribution in [0.5, 0.6) is 11.5 Å². The molecule has 2 heterocycles. The second kappa shape index (κ2) is 10.1. The summed E-state index contributed by atoms with van der Waals surface area (Å²) in [5.74, 6) is -0.0107. The molecule has 2 aromatic carbocycles. The molecule has 1 aliphatic rings.